The molecule has 0 bridgehead atoms. The number of hydrogen-bond donors (Lipinski definition) is 0. The Balaban J connectivity index is 2.06. The van der Waals surface area contributed by atoms with Crippen LogP contribution in [0.4, 0.5) is 5.69 Å². The summed E-state index contributed by atoms with van der Waals surface area (Å²) in [4.78, 5) is 26.7. The Morgan fingerprint density at radius 3 is 2.60 bits per heavy atom. The lowest BCUT2D eigenvalue weighted by Gasteiger charge is -2.22. The summed E-state index contributed by atoms with van der Waals surface area (Å²) in [6.07, 6.45) is 4.77. The van der Waals surface area contributed by atoms with E-state index in [-0.39, 0.29) is 29.6 Å². The van der Waals surface area contributed by atoms with Crippen LogP contribution in [0.1, 0.15) is 24.5 Å². The SMILES string of the molecule is Cc1ccc(C)c(N2C(=O)[C@H]3[C@H](C)C=CC[C@@H]3C2=O)c1. The van der Waals surface area contributed by atoms with Crippen molar-refractivity contribution in [2.24, 2.45) is 17.8 Å². The van der Waals surface area contributed by atoms with E-state index in [2.05, 4.69) is 6.08 Å². The molecule has 0 spiro atoms. The monoisotopic (exact) mass is 269 g/mol. The number of imide groups is 1. The summed E-state index contributed by atoms with van der Waals surface area (Å²) in [6.45, 7) is 5.94. The Morgan fingerprint density at radius 2 is 1.90 bits per heavy atom. The predicted octanol–water partition coefficient (Wildman–Crippen LogP) is 3.01. The minimum atomic E-state index is -0.188. The van der Waals surface area contributed by atoms with Gasteiger partial charge in [0.15, 0.2) is 0 Å². The molecule has 0 saturated carbocycles. The maximum absolute atomic E-state index is 12.7. The lowest BCUT2D eigenvalue weighted by molar-refractivity contribution is -0.122. The Hall–Kier alpha value is -1.90. The lowest BCUT2D eigenvalue weighted by atomic mass is 9.78. The van der Waals surface area contributed by atoms with Crippen LogP contribution in [0.15, 0.2) is 30.4 Å². The number of allylic oxidation sites excluding steroid dienone is 2. The first-order valence-electron chi connectivity index (χ1n) is 7.12. The van der Waals surface area contributed by atoms with Gasteiger partial charge in [0.1, 0.15) is 0 Å². The first-order chi connectivity index (χ1) is 9.50. The molecule has 0 aromatic heterocycles. The first-order valence-corrected chi connectivity index (χ1v) is 7.12. The molecule has 0 unspecified atom stereocenters. The van der Waals surface area contributed by atoms with E-state index in [9.17, 15) is 9.59 Å². The van der Waals surface area contributed by atoms with E-state index in [0.29, 0.717) is 6.42 Å². The second-order valence-electron chi connectivity index (χ2n) is 5.96. The average molecular weight is 269 g/mol. The van der Waals surface area contributed by atoms with E-state index in [1.165, 1.54) is 4.90 Å². The summed E-state index contributed by atoms with van der Waals surface area (Å²) in [7, 11) is 0. The number of amides is 2. The summed E-state index contributed by atoms with van der Waals surface area (Å²) in [5, 5.41) is 0. The summed E-state index contributed by atoms with van der Waals surface area (Å²) in [5.41, 5.74) is 2.78. The van der Waals surface area contributed by atoms with Crippen LogP contribution in [-0.4, -0.2) is 11.8 Å². The molecule has 1 aliphatic carbocycles. The van der Waals surface area contributed by atoms with Crippen LogP contribution in [0.3, 0.4) is 0 Å². The number of aryl methyl sites for hydroxylation is 2. The Labute approximate surface area is 119 Å². The lowest BCUT2D eigenvalue weighted by Crippen LogP contribution is -2.32. The van der Waals surface area contributed by atoms with E-state index >= 15 is 0 Å². The minimum absolute atomic E-state index is 0.0365. The highest BCUT2D eigenvalue weighted by molar-refractivity contribution is 6.22. The highest BCUT2D eigenvalue weighted by Crippen LogP contribution is 2.41. The van der Waals surface area contributed by atoms with Gasteiger partial charge in [0.25, 0.3) is 0 Å². The van der Waals surface area contributed by atoms with Crippen molar-refractivity contribution in [2.45, 2.75) is 27.2 Å². The number of carbonyl (C=O) groups excluding carboxylic acids is 2. The fourth-order valence-corrected chi connectivity index (χ4v) is 3.35. The molecular weight excluding hydrogens is 250 g/mol. The van der Waals surface area contributed by atoms with E-state index in [0.717, 1.165) is 16.8 Å². The van der Waals surface area contributed by atoms with Crippen LogP contribution in [-0.2, 0) is 9.59 Å². The number of anilines is 1. The third-order valence-corrected chi connectivity index (χ3v) is 4.48. The van der Waals surface area contributed by atoms with Gasteiger partial charge in [-0.25, -0.2) is 4.90 Å². The Morgan fingerprint density at radius 1 is 1.15 bits per heavy atom. The molecule has 1 aromatic rings. The second kappa shape index (κ2) is 4.58. The van der Waals surface area contributed by atoms with E-state index in [4.69, 9.17) is 0 Å². The molecule has 1 aliphatic heterocycles. The predicted molar refractivity (Wildman–Crippen MR) is 78.3 cm³/mol. The van der Waals surface area contributed by atoms with Crippen LogP contribution in [0.2, 0.25) is 0 Å². The van der Waals surface area contributed by atoms with E-state index < -0.39 is 0 Å². The molecule has 2 aliphatic rings. The van der Waals surface area contributed by atoms with Gasteiger partial charge in [-0.15, -0.1) is 0 Å². The zero-order valence-corrected chi connectivity index (χ0v) is 12.1. The minimum Gasteiger partial charge on any atom is -0.274 e. The summed E-state index contributed by atoms with van der Waals surface area (Å²) < 4.78 is 0. The quantitative estimate of drug-likeness (QED) is 0.580. The zero-order chi connectivity index (χ0) is 14.4. The van der Waals surface area contributed by atoms with Gasteiger partial charge in [0.05, 0.1) is 17.5 Å². The maximum Gasteiger partial charge on any atom is 0.238 e. The van der Waals surface area contributed by atoms with Gasteiger partial charge in [-0.3, -0.25) is 9.59 Å². The van der Waals surface area contributed by atoms with Crippen molar-refractivity contribution >= 4 is 17.5 Å². The zero-order valence-electron chi connectivity index (χ0n) is 12.1. The largest absolute Gasteiger partial charge is 0.274 e. The second-order valence-corrected chi connectivity index (χ2v) is 5.96. The topological polar surface area (TPSA) is 37.4 Å². The highest BCUT2D eigenvalue weighted by atomic mass is 16.2. The van der Waals surface area contributed by atoms with E-state index in [1.807, 2.05) is 45.0 Å². The Kier molecular flexibility index (Phi) is 3.00. The molecule has 104 valence electrons. The summed E-state index contributed by atoms with van der Waals surface area (Å²) >= 11 is 0. The van der Waals surface area contributed by atoms with Crippen molar-refractivity contribution < 1.29 is 9.59 Å². The van der Waals surface area contributed by atoms with Crippen molar-refractivity contribution in [1.82, 2.24) is 0 Å². The number of hydrogen-bond acceptors (Lipinski definition) is 2. The molecule has 0 N–H and O–H groups in total. The van der Waals surface area contributed by atoms with Gasteiger partial charge in [-0.05, 0) is 43.4 Å². The van der Waals surface area contributed by atoms with Crippen molar-refractivity contribution in [3.05, 3.63) is 41.5 Å². The van der Waals surface area contributed by atoms with Gasteiger partial charge in [-0.1, -0.05) is 31.2 Å². The maximum atomic E-state index is 12.7. The third kappa shape index (κ3) is 1.80. The standard InChI is InChI=1S/C17H19NO2/c1-10-7-8-11(2)14(9-10)18-16(19)13-6-4-5-12(3)15(13)17(18)20/h4-5,7-9,12-13,15H,6H2,1-3H3/t12-,13+,15+/m1/s1. The number of rotatable bonds is 1. The first kappa shape index (κ1) is 13.1. The van der Waals surface area contributed by atoms with Crippen molar-refractivity contribution in [1.29, 1.82) is 0 Å². The number of carbonyl (C=O) groups is 2. The molecule has 3 atom stereocenters. The van der Waals surface area contributed by atoms with Crippen LogP contribution in [0, 0.1) is 31.6 Å². The fraction of sp³-hybridized carbons (Fsp3) is 0.412. The van der Waals surface area contributed by atoms with E-state index in [1.54, 1.807) is 0 Å². The molecule has 3 heteroatoms. The van der Waals surface area contributed by atoms with Gasteiger partial charge in [-0.2, -0.15) is 0 Å². The molecule has 1 heterocycles. The van der Waals surface area contributed by atoms with Crippen molar-refractivity contribution in [3.8, 4) is 0 Å². The average Bonchev–Trinajstić information content (AvgIpc) is 2.66. The summed E-state index contributed by atoms with van der Waals surface area (Å²) in [5.74, 6) is -0.300. The molecule has 2 amide bonds. The molecule has 1 fully saturated rings. The Bertz CT molecular complexity index is 617. The third-order valence-electron chi connectivity index (χ3n) is 4.48. The van der Waals surface area contributed by atoms with Gasteiger partial charge >= 0.3 is 0 Å². The molecule has 3 nitrogen and oxygen atoms in total. The van der Waals surface area contributed by atoms with Gasteiger partial charge in [0, 0.05) is 0 Å². The number of fused-ring (bicyclic) bond motifs is 1. The number of benzene rings is 1. The van der Waals surface area contributed by atoms with Crippen LogP contribution in [0.25, 0.3) is 0 Å². The molecule has 3 rings (SSSR count). The smallest absolute Gasteiger partial charge is 0.238 e. The fourth-order valence-electron chi connectivity index (χ4n) is 3.35. The highest BCUT2D eigenvalue weighted by Gasteiger charge is 2.50. The molecule has 1 aromatic carbocycles. The normalized spacial score (nSPS) is 28.9. The van der Waals surface area contributed by atoms with Crippen LogP contribution < -0.4 is 4.90 Å². The molecular formula is C17H19NO2. The molecule has 0 radical (unpaired) electrons. The van der Waals surface area contributed by atoms with Gasteiger partial charge in [0.2, 0.25) is 11.8 Å². The molecule has 20 heavy (non-hydrogen) atoms. The molecule has 1 saturated heterocycles. The van der Waals surface area contributed by atoms with Crippen molar-refractivity contribution in [2.75, 3.05) is 4.90 Å². The van der Waals surface area contributed by atoms with Crippen LogP contribution in [0.5, 0.6) is 0 Å². The van der Waals surface area contributed by atoms with Gasteiger partial charge < -0.3 is 0 Å². The number of nitrogens with zero attached hydrogens (tertiary/aromatic N) is 1. The summed E-state index contributed by atoms with van der Waals surface area (Å²) in [6, 6.07) is 5.90. The van der Waals surface area contributed by atoms with Crippen molar-refractivity contribution in [3.63, 3.8) is 0 Å². The van der Waals surface area contributed by atoms with Crippen LogP contribution >= 0.6 is 0 Å².